The predicted molar refractivity (Wildman–Crippen MR) is 149 cm³/mol. The monoisotopic (exact) mass is 566 g/mol. The Labute approximate surface area is 231 Å². The maximum atomic E-state index is 15.2. The number of ether oxygens (including phenoxy) is 1. The number of hydrogen-bond acceptors (Lipinski definition) is 8. The highest BCUT2D eigenvalue weighted by atomic mass is 32.2. The van der Waals surface area contributed by atoms with Gasteiger partial charge in [-0.05, 0) is 61.7 Å². The quantitative estimate of drug-likeness (QED) is 0.258. The van der Waals surface area contributed by atoms with Gasteiger partial charge in [-0.2, -0.15) is 4.39 Å². The number of halogens is 2. The summed E-state index contributed by atoms with van der Waals surface area (Å²) in [6, 6.07) is 14.9. The SMILES string of the molecule is Cc1cc(Oc2ncccc2-c2ccnc(N[C@H]3CCCNC3)n2)c(F)c(F)c1NS(=O)(=O)Cc1ccccc1. The second kappa shape index (κ2) is 11.9. The van der Waals surface area contributed by atoms with E-state index in [1.807, 2.05) is 0 Å². The first kappa shape index (κ1) is 27.4. The lowest BCUT2D eigenvalue weighted by atomic mass is 10.1. The molecule has 9 nitrogen and oxygen atoms in total. The van der Waals surface area contributed by atoms with Crippen LogP contribution in [0.25, 0.3) is 11.3 Å². The number of piperidine rings is 1. The van der Waals surface area contributed by atoms with E-state index >= 15 is 8.78 Å². The Morgan fingerprint density at radius 3 is 2.65 bits per heavy atom. The van der Waals surface area contributed by atoms with Crippen molar-refractivity contribution in [2.75, 3.05) is 23.1 Å². The van der Waals surface area contributed by atoms with Gasteiger partial charge in [0.05, 0.1) is 22.7 Å². The summed E-state index contributed by atoms with van der Waals surface area (Å²) in [6.45, 7) is 3.24. The number of aryl methyl sites for hydroxylation is 1. The van der Waals surface area contributed by atoms with Gasteiger partial charge in [0.2, 0.25) is 27.7 Å². The van der Waals surface area contributed by atoms with E-state index < -0.39 is 38.8 Å². The number of aromatic nitrogens is 3. The molecule has 1 atom stereocenters. The molecule has 4 aromatic rings. The number of anilines is 2. The van der Waals surface area contributed by atoms with Crippen molar-refractivity contribution < 1.29 is 21.9 Å². The van der Waals surface area contributed by atoms with Gasteiger partial charge in [0.25, 0.3) is 0 Å². The van der Waals surface area contributed by atoms with E-state index in [0.29, 0.717) is 22.8 Å². The van der Waals surface area contributed by atoms with Crippen LogP contribution in [0.2, 0.25) is 0 Å². The molecule has 0 amide bonds. The fraction of sp³-hybridized carbons (Fsp3) is 0.250. The number of rotatable bonds is 9. The topological polar surface area (TPSA) is 118 Å². The average molecular weight is 567 g/mol. The lowest BCUT2D eigenvalue weighted by Crippen LogP contribution is -2.38. The van der Waals surface area contributed by atoms with Gasteiger partial charge in [0, 0.05) is 25.0 Å². The fourth-order valence-corrected chi connectivity index (χ4v) is 5.68. The minimum atomic E-state index is -4.01. The highest BCUT2D eigenvalue weighted by Gasteiger charge is 2.24. The van der Waals surface area contributed by atoms with Crippen LogP contribution in [0.3, 0.4) is 0 Å². The predicted octanol–water partition coefficient (Wildman–Crippen LogP) is 5.02. The third kappa shape index (κ3) is 6.52. The van der Waals surface area contributed by atoms with Gasteiger partial charge < -0.3 is 15.4 Å². The first-order chi connectivity index (χ1) is 19.3. The highest BCUT2D eigenvalue weighted by molar-refractivity contribution is 7.91. The van der Waals surface area contributed by atoms with Gasteiger partial charge in [-0.3, -0.25) is 4.72 Å². The Bertz CT molecular complexity index is 1600. The normalized spacial score (nSPS) is 15.4. The Kier molecular flexibility index (Phi) is 8.17. The van der Waals surface area contributed by atoms with Crippen molar-refractivity contribution in [3.05, 3.63) is 89.8 Å². The first-order valence-electron chi connectivity index (χ1n) is 12.8. The number of pyridine rings is 1. The number of nitrogens with zero attached hydrogens (tertiary/aromatic N) is 3. The van der Waals surface area contributed by atoms with Crippen LogP contribution in [0, 0.1) is 18.6 Å². The zero-order valence-electron chi connectivity index (χ0n) is 21.7. The van der Waals surface area contributed by atoms with Gasteiger partial charge in [0.1, 0.15) is 0 Å². The molecule has 3 heterocycles. The summed E-state index contributed by atoms with van der Waals surface area (Å²) in [4.78, 5) is 13.1. The minimum absolute atomic E-state index is 0.00147. The molecule has 0 bridgehead atoms. The number of hydrogen-bond donors (Lipinski definition) is 3. The van der Waals surface area contributed by atoms with E-state index in [-0.39, 0.29) is 17.5 Å². The third-order valence-corrected chi connectivity index (χ3v) is 7.60. The van der Waals surface area contributed by atoms with Gasteiger partial charge in [-0.1, -0.05) is 30.3 Å². The van der Waals surface area contributed by atoms with Crippen molar-refractivity contribution in [2.45, 2.75) is 31.6 Å². The summed E-state index contributed by atoms with van der Waals surface area (Å²) in [5.41, 5.74) is 1.09. The number of benzene rings is 2. The van der Waals surface area contributed by atoms with Crippen LogP contribution in [0.15, 0.2) is 67.0 Å². The maximum absolute atomic E-state index is 15.2. The molecule has 3 N–H and O–H groups in total. The van der Waals surface area contributed by atoms with Crippen LogP contribution in [-0.2, 0) is 15.8 Å². The lowest BCUT2D eigenvalue weighted by molar-refractivity contribution is 0.407. The van der Waals surface area contributed by atoms with Crippen molar-refractivity contribution in [1.29, 1.82) is 0 Å². The van der Waals surface area contributed by atoms with Crippen LogP contribution in [0.4, 0.5) is 20.4 Å². The molecule has 1 fully saturated rings. The Morgan fingerprint density at radius 1 is 1.05 bits per heavy atom. The standard InChI is InChI=1S/C28H28F2N6O3S/c1-18-15-23(24(29)25(30)26(18)36-40(37,38)17-19-7-3-2-4-8-19)39-27-21(10-6-13-32-27)22-11-14-33-28(35-22)34-20-9-5-12-31-16-20/h2-4,6-8,10-11,13-15,20,31,36H,5,9,12,16-17H2,1H3,(H,33,34,35)/t20-/m0/s1. The molecule has 0 unspecified atom stereocenters. The Hall–Kier alpha value is -4.16. The summed E-state index contributed by atoms with van der Waals surface area (Å²) >= 11 is 0. The fourth-order valence-electron chi connectivity index (χ4n) is 4.42. The molecule has 208 valence electrons. The van der Waals surface area contributed by atoms with Gasteiger partial charge in [0.15, 0.2) is 11.6 Å². The van der Waals surface area contributed by atoms with E-state index in [0.717, 1.165) is 25.9 Å². The van der Waals surface area contributed by atoms with Crippen molar-refractivity contribution in [1.82, 2.24) is 20.3 Å². The lowest BCUT2D eigenvalue weighted by Gasteiger charge is -2.23. The van der Waals surface area contributed by atoms with E-state index in [2.05, 4.69) is 30.3 Å². The smallest absolute Gasteiger partial charge is 0.237 e. The third-order valence-electron chi connectivity index (χ3n) is 6.37. The maximum Gasteiger partial charge on any atom is 0.237 e. The Morgan fingerprint density at radius 2 is 1.88 bits per heavy atom. The molecule has 0 aliphatic carbocycles. The van der Waals surface area contributed by atoms with Gasteiger partial charge in [-0.25, -0.2) is 27.8 Å². The van der Waals surface area contributed by atoms with Gasteiger partial charge in [-0.15, -0.1) is 0 Å². The summed E-state index contributed by atoms with van der Waals surface area (Å²) in [7, 11) is -4.01. The second-order valence-electron chi connectivity index (χ2n) is 9.45. The van der Waals surface area contributed by atoms with Crippen LogP contribution < -0.4 is 20.1 Å². The molecule has 0 spiro atoms. The average Bonchev–Trinajstić information content (AvgIpc) is 2.95. The van der Waals surface area contributed by atoms with E-state index in [9.17, 15) is 8.42 Å². The largest absolute Gasteiger partial charge is 0.435 e. The van der Waals surface area contributed by atoms with E-state index in [1.165, 1.54) is 19.2 Å². The summed E-state index contributed by atoms with van der Waals surface area (Å²) < 4.78 is 63.6. The molecule has 40 heavy (non-hydrogen) atoms. The van der Waals surface area contributed by atoms with Crippen LogP contribution in [0.1, 0.15) is 24.0 Å². The molecule has 1 aliphatic rings. The molecule has 1 aliphatic heterocycles. The zero-order valence-corrected chi connectivity index (χ0v) is 22.5. The summed E-state index contributed by atoms with van der Waals surface area (Å²) in [5.74, 6) is -3.13. The van der Waals surface area contributed by atoms with Crippen molar-refractivity contribution in [3.8, 4) is 22.9 Å². The van der Waals surface area contributed by atoms with Crippen LogP contribution in [-0.4, -0.2) is 42.5 Å². The zero-order chi connectivity index (χ0) is 28.1. The summed E-state index contributed by atoms with van der Waals surface area (Å²) in [6.07, 6.45) is 5.09. The molecule has 0 radical (unpaired) electrons. The van der Waals surface area contributed by atoms with E-state index in [1.54, 1.807) is 54.7 Å². The molecule has 2 aromatic carbocycles. The molecular formula is C28H28F2N6O3S. The second-order valence-corrected chi connectivity index (χ2v) is 11.2. The highest BCUT2D eigenvalue weighted by Crippen LogP contribution is 2.36. The molecule has 0 saturated carbocycles. The van der Waals surface area contributed by atoms with Crippen molar-refractivity contribution in [3.63, 3.8) is 0 Å². The van der Waals surface area contributed by atoms with Crippen LogP contribution in [0.5, 0.6) is 11.6 Å². The number of nitrogens with one attached hydrogen (secondary N) is 3. The first-order valence-corrected chi connectivity index (χ1v) is 14.4. The molecule has 5 rings (SSSR count). The molecule has 1 saturated heterocycles. The van der Waals surface area contributed by atoms with Crippen LogP contribution >= 0.6 is 0 Å². The van der Waals surface area contributed by atoms with Crippen molar-refractivity contribution >= 4 is 21.7 Å². The molecular weight excluding hydrogens is 538 g/mol. The summed E-state index contributed by atoms with van der Waals surface area (Å²) in [5, 5.41) is 6.64. The number of sulfonamides is 1. The van der Waals surface area contributed by atoms with Crippen molar-refractivity contribution in [2.24, 2.45) is 0 Å². The Balaban J connectivity index is 1.38. The van der Waals surface area contributed by atoms with E-state index in [4.69, 9.17) is 4.74 Å². The molecule has 2 aromatic heterocycles. The van der Waals surface area contributed by atoms with Gasteiger partial charge >= 0.3 is 0 Å². The minimum Gasteiger partial charge on any atom is -0.435 e. The molecule has 12 heteroatoms.